The largest absolute Gasteiger partial charge is 0.423 e. The van der Waals surface area contributed by atoms with Crippen molar-refractivity contribution in [2.75, 3.05) is 48.4 Å². The van der Waals surface area contributed by atoms with Crippen LogP contribution in [0.3, 0.4) is 0 Å². The van der Waals surface area contributed by atoms with E-state index in [0.29, 0.717) is 6.20 Å². The molecule has 1 fully saturated rings. The summed E-state index contributed by atoms with van der Waals surface area (Å²) in [5, 5.41) is 10.1. The van der Waals surface area contributed by atoms with Crippen LogP contribution in [0, 0.1) is 0 Å². The average Bonchev–Trinajstić information content (AvgIpc) is 2.99. The van der Waals surface area contributed by atoms with Gasteiger partial charge in [-0.2, -0.15) is 31.4 Å². The van der Waals surface area contributed by atoms with Crippen molar-refractivity contribution in [2.24, 2.45) is 0 Å². The van der Waals surface area contributed by atoms with Gasteiger partial charge < -0.3 is 25.2 Å². The van der Waals surface area contributed by atoms with Crippen molar-refractivity contribution in [2.45, 2.75) is 44.2 Å². The molecule has 0 radical (unpaired) electrons. The minimum Gasteiger partial charge on any atom is -0.379 e. The van der Waals surface area contributed by atoms with Crippen LogP contribution in [0.2, 0.25) is 0 Å². The lowest BCUT2D eigenvalue weighted by atomic mass is 10.1. The fourth-order valence-electron chi connectivity index (χ4n) is 4.56. The highest BCUT2D eigenvalue weighted by Crippen LogP contribution is 2.37. The summed E-state index contributed by atoms with van der Waals surface area (Å²) in [7, 11) is 0. The van der Waals surface area contributed by atoms with Gasteiger partial charge in [0.15, 0.2) is 5.82 Å². The summed E-state index contributed by atoms with van der Waals surface area (Å²) >= 11 is 0. The molecule has 3 N–H and O–H groups in total. The van der Waals surface area contributed by atoms with Crippen LogP contribution in [-0.2, 0) is 26.7 Å². The van der Waals surface area contributed by atoms with Gasteiger partial charge >= 0.3 is 12.4 Å². The lowest BCUT2D eigenvalue weighted by molar-refractivity contribution is -0.138. The van der Waals surface area contributed by atoms with Gasteiger partial charge in [-0.25, -0.2) is 10.1 Å². The van der Waals surface area contributed by atoms with Crippen LogP contribution in [-0.4, -0.2) is 76.8 Å². The van der Waals surface area contributed by atoms with Gasteiger partial charge in [-0.15, -0.1) is 0 Å². The number of aromatic amines is 1. The Balaban J connectivity index is 1.29. The van der Waals surface area contributed by atoms with Crippen LogP contribution in [0.25, 0.3) is 0 Å². The predicted molar refractivity (Wildman–Crippen MR) is 129 cm³/mol. The Morgan fingerprint density at radius 1 is 1.18 bits per heavy atom. The SMILES string of the molecule is CC(COCCC(=O)N1CCN2c3ncc(C(F)(F)F)cc3NC(=O)C[C@H]2C1)Nc1cn[nH]c(=O)c1C(F)(F)F. The van der Waals surface area contributed by atoms with Crippen LogP contribution < -0.4 is 21.1 Å². The molecule has 40 heavy (non-hydrogen) atoms. The predicted octanol–water partition coefficient (Wildman–Crippen LogP) is 2.47. The summed E-state index contributed by atoms with van der Waals surface area (Å²) in [5.41, 5.74) is -4.32. The standard InChI is InChI=1S/C23H25F6N7O4/c1-12(32-16-9-31-34-21(39)19(16)23(27,28)29)11-40-5-2-18(38)35-3-4-36-14(10-35)7-17(37)33-15-6-13(22(24,25)26)8-30-20(15)36/h6,8-9,12,14H,2-5,7,10-11H2,1H3,(H,33,37)(H2,32,34,39)/t12?,14-/m0/s1. The number of ether oxygens (including phenoxy) is 1. The first-order valence-corrected chi connectivity index (χ1v) is 12.1. The number of carbonyl (C=O) groups excluding carboxylic acids is 2. The van der Waals surface area contributed by atoms with Crippen LogP contribution in [0.5, 0.6) is 0 Å². The van der Waals surface area contributed by atoms with Gasteiger partial charge in [-0.3, -0.25) is 14.4 Å². The molecule has 11 nitrogen and oxygen atoms in total. The number of piperazine rings is 1. The zero-order valence-electron chi connectivity index (χ0n) is 21.0. The molecule has 2 amide bonds. The molecule has 2 aromatic heterocycles. The second-order valence-electron chi connectivity index (χ2n) is 9.39. The first-order valence-electron chi connectivity index (χ1n) is 12.1. The quantitative estimate of drug-likeness (QED) is 0.338. The van der Waals surface area contributed by atoms with Gasteiger partial charge in [-0.1, -0.05) is 0 Å². The van der Waals surface area contributed by atoms with E-state index in [1.807, 2.05) is 0 Å². The number of H-pyrrole nitrogens is 1. The fraction of sp³-hybridized carbons (Fsp3) is 0.522. The highest BCUT2D eigenvalue weighted by atomic mass is 19.4. The van der Waals surface area contributed by atoms with E-state index in [-0.39, 0.29) is 63.1 Å². The third-order valence-corrected chi connectivity index (χ3v) is 6.37. The molecule has 2 atom stereocenters. The maximum Gasteiger partial charge on any atom is 0.423 e. The molecule has 4 heterocycles. The molecular weight excluding hydrogens is 552 g/mol. The normalized spacial score (nSPS) is 18.4. The molecule has 218 valence electrons. The molecule has 17 heteroatoms. The van der Waals surface area contributed by atoms with E-state index >= 15 is 0 Å². The number of alkyl halides is 6. The molecule has 0 aromatic carbocycles. The summed E-state index contributed by atoms with van der Waals surface area (Å²) < 4.78 is 84.3. The zero-order chi connectivity index (χ0) is 29.2. The minimum atomic E-state index is -4.89. The number of nitrogens with zero attached hydrogens (tertiary/aromatic N) is 4. The molecule has 0 aliphatic carbocycles. The molecule has 2 aromatic rings. The van der Waals surface area contributed by atoms with Gasteiger partial charge in [0.2, 0.25) is 11.8 Å². The Kier molecular flexibility index (Phi) is 8.23. The lowest BCUT2D eigenvalue weighted by Gasteiger charge is -2.41. The van der Waals surface area contributed by atoms with E-state index in [1.54, 1.807) is 10.00 Å². The Labute approximate surface area is 222 Å². The molecule has 2 aliphatic rings. The number of aromatic nitrogens is 3. The van der Waals surface area contributed by atoms with E-state index in [0.717, 1.165) is 12.3 Å². The number of hydrogen-bond acceptors (Lipinski definition) is 8. The Hall–Kier alpha value is -3.89. The second kappa shape index (κ2) is 11.3. The Morgan fingerprint density at radius 3 is 2.62 bits per heavy atom. The molecule has 0 bridgehead atoms. The van der Waals surface area contributed by atoms with Crippen LogP contribution >= 0.6 is 0 Å². The number of amides is 2. The third kappa shape index (κ3) is 6.63. The van der Waals surface area contributed by atoms with E-state index < -0.39 is 52.7 Å². The smallest absolute Gasteiger partial charge is 0.379 e. The first kappa shape index (κ1) is 29.1. The van der Waals surface area contributed by atoms with Crippen molar-refractivity contribution < 1.29 is 40.7 Å². The summed E-state index contributed by atoms with van der Waals surface area (Å²) in [4.78, 5) is 43.9. The molecule has 0 saturated carbocycles. The van der Waals surface area contributed by atoms with Crippen molar-refractivity contribution in [1.82, 2.24) is 20.1 Å². The molecule has 0 spiro atoms. The third-order valence-electron chi connectivity index (χ3n) is 6.37. The summed E-state index contributed by atoms with van der Waals surface area (Å²) in [6, 6.07) is -0.319. The molecular formula is C23H25F6N7O4. The molecule has 2 aliphatic heterocycles. The van der Waals surface area contributed by atoms with Crippen molar-refractivity contribution in [3.63, 3.8) is 0 Å². The number of hydrogen-bond donors (Lipinski definition) is 3. The van der Waals surface area contributed by atoms with Crippen molar-refractivity contribution in [3.8, 4) is 0 Å². The number of rotatable bonds is 7. The van der Waals surface area contributed by atoms with E-state index in [2.05, 4.69) is 20.7 Å². The summed E-state index contributed by atoms with van der Waals surface area (Å²) in [5.74, 6) is -0.591. The average molecular weight is 577 g/mol. The van der Waals surface area contributed by atoms with Crippen molar-refractivity contribution >= 4 is 29.0 Å². The Bertz CT molecular complexity index is 1320. The highest BCUT2D eigenvalue weighted by Gasteiger charge is 2.39. The van der Waals surface area contributed by atoms with Gasteiger partial charge in [0.05, 0.1) is 48.8 Å². The maximum atomic E-state index is 13.2. The number of fused-ring (bicyclic) bond motifs is 3. The minimum absolute atomic E-state index is 0.0411. The number of nitrogens with one attached hydrogen (secondary N) is 3. The van der Waals surface area contributed by atoms with E-state index in [4.69, 9.17) is 4.74 Å². The van der Waals surface area contributed by atoms with Crippen molar-refractivity contribution in [3.05, 3.63) is 39.9 Å². The van der Waals surface area contributed by atoms with Crippen LogP contribution in [0.1, 0.15) is 30.9 Å². The van der Waals surface area contributed by atoms with Gasteiger partial charge in [-0.05, 0) is 13.0 Å². The monoisotopic (exact) mass is 577 g/mol. The number of carbonyl (C=O) groups is 2. The number of pyridine rings is 1. The molecule has 4 rings (SSSR count). The van der Waals surface area contributed by atoms with Crippen molar-refractivity contribution in [1.29, 1.82) is 0 Å². The van der Waals surface area contributed by atoms with E-state index in [1.165, 1.54) is 11.8 Å². The van der Waals surface area contributed by atoms with Gasteiger partial charge in [0.25, 0.3) is 5.56 Å². The molecule has 1 saturated heterocycles. The summed E-state index contributed by atoms with van der Waals surface area (Å²) in [6.45, 7) is 2.03. The van der Waals surface area contributed by atoms with Gasteiger partial charge in [0, 0.05) is 38.3 Å². The highest BCUT2D eigenvalue weighted by molar-refractivity contribution is 5.96. The maximum absolute atomic E-state index is 13.2. The number of anilines is 3. The lowest BCUT2D eigenvalue weighted by Crippen LogP contribution is -2.55. The topological polar surface area (TPSA) is 133 Å². The zero-order valence-corrected chi connectivity index (χ0v) is 21.0. The first-order chi connectivity index (χ1) is 18.7. The Morgan fingerprint density at radius 2 is 1.93 bits per heavy atom. The van der Waals surface area contributed by atoms with Crippen LogP contribution in [0.4, 0.5) is 43.5 Å². The van der Waals surface area contributed by atoms with Gasteiger partial charge in [0.1, 0.15) is 5.56 Å². The number of halogens is 6. The molecule has 1 unspecified atom stereocenters. The fourth-order valence-corrected chi connectivity index (χ4v) is 4.56. The van der Waals surface area contributed by atoms with Crippen LogP contribution in [0.15, 0.2) is 23.3 Å². The van der Waals surface area contributed by atoms with E-state index in [9.17, 15) is 40.7 Å². The summed E-state index contributed by atoms with van der Waals surface area (Å²) in [6.07, 6.45) is -8.06. The second-order valence-corrected chi connectivity index (χ2v) is 9.39.